The number of carboxylic acid groups (broad SMARTS) is 1. The molecule has 0 fully saturated rings. The first-order valence-electron chi connectivity index (χ1n) is 13.0. The smallest absolute Gasteiger partial charge is 0.348 e. The van der Waals surface area contributed by atoms with E-state index >= 15 is 0 Å². The molecule has 0 aliphatic carbocycles. The molecule has 0 bridgehead atoms. The van der Waals surface area contributed by atoms with Gasteiger partial charge in [0.2, 0.25) is 11.5 Å². The number of Topliss-reactive ketones (excluding diaryl/α,β-unsaturated/α-hetero) is 1. The van der Waals surface area contributed by atoms with Crippen LogP contribution in [0.3, 0.4) is 0 Å². The number of nitrogens with zero attached hydrogens (tertiary/aromatic N) is 1. The minimum Gasteiger partial charge on any atom is -0.478 e. The molecule has 0 aromatic carbocycles. The van der Waals surface area contributed by atoms with E-state index in [1.165, 1.54) is 18.9 Å². The monoisotopic (exact) mass is 531 g/mol. The molecule has 0 spiro atoms. The molecule has 1 amide bonds. The number of hydrogen-bond donors (Lipinski definition) is 5. The third-order valence-electron chi connectivity index (χ3n) is 6.72. The summed E-state index contributed by atoms with van der Waals surface area (Å²) >= 11 is 0. The summed E-state index contributed by atoms with van der Waals surface area (Å²) < 4.78 is 5.52. The number of aliphatic carboxylic acids is 1. The lowest BCUT2D eigenvalue weighted by atomic mass is 9.83. The second-order valence-corrected chi connectivity index (χ2v) is 10.6. The number of carbonyl (C=O) groups excluding carboxylic acids is 3. The van der Waals surface area contributed by atoms with Gasteiger partial charge in [0, 0.05) is 13.5 Å². The number of nitrogens with one attached hydrogen (secondary N) is 2. The molecular formula is C26H49N3O8. The fourth-order valence-corrected chi connectivity index (χ4v) is 4.57. The van der Waals surface area contributed by atoms with E-state index in [0.717, 1.165) is 0 Å². The Bertz CT molecular complexity index is 758. The van der Waals surface area contributed by atoms with Crippen molar-refractivity contribution in [3.8, 4) is 0 Å². The van der Waals surface area contributed by atoms with E-state index in [9.17, 15) is 34.5 Å². The number of rotatable bonds is 18. The Labute approximate surface area is 221 Å². The Morgan fingerprint density at radius 1 is 0.919 bits per heavy atom. The van der Waals surface area contributed by atoms with Gasteiger partial charge in [-0.2, -0.15) is 0 Å². The van der Waals surface area contributed by atoms with Crippen molar-refractivity contribution in [2.24, 2.45) is 11.8 Å². The Morgan fingerprint density at radius 3 is 1.89 bits per heavy atom. The number of carboxylic acids is 1. The lowest BCUT2D eigenvalue weighted by molar-refractivity contribution is -0.186. The van der Waals surface area contributed by atoms with Crippen LogP contribution in [0.5, 0.6) is 0 Å². The second-order valence-electron chi connectivity index (χ2n) is 10.6. The van der Waals surface area contributed by atoms with Crippen LogP contribution < -0.4 is 10.6 Å². The van der Waals surface area contributed by atoms with E-state index < -0.39 is 66.5 Å². The molecular weight excluding hydrogens is 482 g/mol. The zero-order chi connectivity index (χ0) is 29.1. The molecule has 0 heterocycles. The molecule has 0 saturated carbocycles. The third-order valence-corrected chi connectivity index (χ3v) is 6.72. The number of ketones is 1. The van der Waals surface area contributed by atoms with Crippen molar-refractivity contribution in [2.75, 3.05) is 21.1 Å². The van der Waals surface area contributed by atoms with E-state index in [2.05, 4.69) is 10.6 Å². The van der Waals surface area contributed by atoms with E-state index in [-0.39, 0.29) is 17.7 Å². The normalized spacial score (nSPS) is 18.2. The van der Waals surface area contributed by atoms with E-state index in [0.29, 0.717) is 19.3 Å². The highest BCUT2D eigenvalue weighted by Crippen LogP contribution is 2.29. The van der Waals surface area contributed by atoms with Crippen molar-refractivity contribution in [2.45, 2.75) is 110 Å². The molecule has 0 saturated heterocycles. The van der Waals surface area contributed by atoms with Gasteiger partial charge in [0.25, 0.3) is 0 Å². The summed E-state index contributed by atoms with van der Waals surface area (Å²) in [6, 6.07) is -2.42. The summed E-state index contributed by atoms with van der Waals surface area (Å²) in [4.78, 5) is 53.5. The molecule has 5 N–H and O–H groups in total. The number of hydrogen-bond acceptors (Lipinski definition) is 9. The molecule has 0 aromatic rings. The number of carbonyl (C=O) groups is 4. The van der Waals surface area contributed by atoms with Crippen LogP contribution in [-0.2, 0) is 23.9 Å². The van der Waals surface area contributed by atoms with Crippen LogP contribution in [-0.4, -0.2) is 101 Å². The fraction of sp³-hybridized carbons (Fsp3) is 0.846. The first kappa shape index (κ1) is 34.9. The highest BCUT2D eigenvalue weighted by Gasteiger charge is 2.49. The van der Waals surface area contributed by atoms with Gasteiger partial charge < -0.3 is 35.6 Å². The minimum absolute atomic E-state index is 0.222. The molecule has 7 atom stereocenters. The fourth-order valence-electron chi connectivity index (χ4n) is 4.57. The van der Waals surface area contributed by atoms with E-state index in [1.54, 1.807) is 48.7 Å². The highest BCUT2D eigenvalue weighted by molar-refractivity contribution is 5.95. The van der Waals surface area contributed by atoms with Crippen LogP contribution in [0.2, 0.25) is 0 Å². The van der Waals surface area contributed by atoms with Crippen molar-refractivity contribution < 1.29 is 39.2 Å². The summed E-state index contributed by atoms with van der Waals surface area (Å²) in [5, 5.41) is 35.6. The lowest BCUT2D eigenvalue weighted by Crippen LogP contribution is -2.56. The van der Waals surface area contributed by atoms with Crippen molar-refractivity contribution in [1.82, 2.24) is 15.5 Å². The number of aliphatic hydroxyl groups excluding tert-OH is 2. The summed E-state index contributed by atoms with van der Waals surface area (Å²) in [6.45, 7) is 9.99. The third kappa shape index (κ3) is 10.7. The number of likely N-dealkylation sites (N-methyl/N-ethyl adjacent to an activating group) is 3. The predicted octanol–water partition coefficient (Wildman–Crippen LogP) is 0.949. The molecule has 0 rings (SSSR count). The van der Waals surface area contributed by atoms with Gasteiger partial charge in [0.1, 0.15) is 6.04 Å². The molecule has 216 valence electrons. The Kier molecular flexibility index (Phi) is 15.1. The maximum absolute atomic E-state index is 13.8. The van der Waals surface area contributed by atoms with Gasteiger partial charge in [-0.1, -0.05) is 27.2 Å². The molecule has 11 nitrogen and oxygen atoms in total. The van der Waals surface area contributed by atoms with Crippen molar-refractivity contribution in [1.29, 1.82) is 0 Å². The van der Waals surface area contributed by atoms with E-state index in [1.807, 2.05) is 0 Å². The maximum atomic E-state index is 13.8. The quantitative estimate of drug-likeness (QED) is 0.161. The van der Waals surface area contributed by atoms with Gasteiger partial charge in [-0.25, -0.2) is 4.79 Å². The average Bonchev–Trinajstić information content (AvgIpc) is 2.77. The average molecular weight is 532 g/mol. The molecule has 0 radical (unpaired) electrons. The Hall–Kier alpha value is -2.08. The van der Waals surface area contributed by atoms with Gasteiger partial charge in [0.15, 0.2) is 5.78 Å². The number of ether oxygens (including phenoxy) is 1. The number of amides is 1. The van der Waals surface area contributed by atoms with Crippen LogP contribution in [0.1, 0.15) is 73.6 Å². The van der Waals surface area contributed by atoms with Gasteiger partial charge in [-0.05, 0) is 59.5 Å². The first-order valence-corrected chi connectivity index (χ1v) is 13.0. The van der Waals surface area contributed by atoms with Crippen LogP contribution in [0.25, 0.3) is 0 Å². The highest BCUT2D eigenvalue weighted by atomic mass is 16.6. The standard InChI is InChI=1S/C26H49N3O8/c1-15(2)21(28-8)24(34)37-26(25(35)36,13-18(5)31)14-20(32)22(16(3)11-10-12-17(4)30)29(9)23(33)19(6)27-7/h15-19,21-22,27-28,30-31H,10-14H2,1-9H3,(H,35,36)/t16-,17?,18?,19-,21-,22-,26?/m1/s1. The van der Waals surface area contributed by atoms with Crippen LogP contribution >= 0.6 is 0 Å². The molecule has 0 aromatic heterocycles. The maximum Gasteiger partial charge on any atom is 0.348 e. The SMILES string of the molecule is CN[C@H](C)C(=O)N(C)[C@@H](C(=O)CC(CC(C)O)(OC(=O)[C@H](NC)C(C)C)C(=O)O)[C@H](C)CCCC(C)O. The molecule has 0 aliphatic rings. The van der Waals surface area contributed by atoms with Crippen molar-refractivity contribution >= 4 is 23.6 Å². The lowest BCUT2D eigenvalue weighted by Gasteiger charge is -2.37. The van der Waals surface area contributed by atoms with Gasteiger partial charge in [-0.3, -0.25) is 14.4 Å². The largest absolute Gasteiger partial charge is 0.478 e. The Morgan fingerprint density at radius 2 is 1.49 bits per heavy atom. The van der Waals surface area contributed by atoms with Gasteiger partial charge in [0.05, 0.1) is 30.7 Å². The van der Waals surface area contributed by atoms with Crippen molar-refractivity contribution in [3.63, 3.8) is 0 Å². The molecule has 11 heteroatoms. The van der Waals surface area contributed by atoms with E-state index in [4.69, 9.17) is 4.74 Å². The number of esters is 1. The predicted molar refractivity (Wildman–Crippen MR) is 140 cm³/mol. The van der Waals surface area contributed by atoms with Gasteiger partial charge >= 0.3 is 11.9 Å². The summed E-state index contributed by atoms with van der Waals surface area (Å²) in [5.74, 6) is -3.94. The molecule has 37 heavy (non-hydrogen) atoms. The topological polar surface area (TPSA) is 165 Å². The summed E-state index contributed by atoms with van der Waals surface area (Å²) in [6.07, 6.45) is -1.32. The Balaban J connectivity index is 6.37. The van der Waals surface area contributed by atoms with Crippen LogP contribution in [0, 0.1) is 11.8 Å². The van der Waals surface area contributed by atoms with Crippen LogP contribution in [0.15, 0.2) is 0 Å². The van der Waals surface area contributed by atoms with Crippen LogP contribution in [0.4, 0.5) is 0 Å². The molecule has 0 aliphatic heterocycles. The summed E-state index contributed by atoms with van der Waals surface area (Å²) in [5.41, 5.74) is -2.32. The summed E-state index contributed by atoms with van der Waals surface area (Å²) in [7, 11) is 4.65. The van der Waals surface area contributed by atoms with Gasteiger partial charge in [-0.15, -0.1) is 0 Å². The number of aliphatic hydroxyl groups is 2. The molecule has 3 unspecified atom stereocenters. The first-order chi connectivity index (χ1) is 17.0. The second kappa shape index (κ2) is 16.0. The minimum atomic E-state index is -2.32. The van der Waals surface area contributed by atoms with Crippen molar-refractivity contribution in [3.05, 3.63) is 0 Å². The zero-order valence-electron chi connectivity index (χ0n) is 23.9. The zero-order valence-corrected chi connectivity index (χ0v) is 23.9.